The van der Waals surface area contributed by atoms with E-state index < -0.39 is 0 Å². The van der Waals surface area contributed by atoms with Gasteiger partial charge in [-0.05, 0) is 48.7 Å². The van der Waals surface area contributed by atoms with Crippen molar-refractivity contribution in [3.8, 4) is 17.0 Å². The first kappa shape index (κ1) is 18.7. The van der Waals surface area contributed by atoms with Crippen LogP contribution < -0.4 is 15.6 Å². The SMILES string of the molecule is COc1ccc(-c2cc(=O)n(CC(=O)Nc3cccc(SC)c3)cn2)cc1. The molecule has 3 aromatic rings. The summed E-state index contributed by atoms with van der Waals surface area (Å²) in [7, 11) is 1.59. The van der Waals surface area contributed by atoms with E-state index in [1.807, 2.05) is 42.7 Å². The standard InChI is InChI=1S/C20H19N3O3S/c1-26-16-8-6-14(7-9-16)18-11-20(25)23(13-21-18)12-19(24)22-15-4-3-5-17(10-15)27-2/h3-11,13H,12H2,1-2H3,(H,22,24). The van der Waals surface area contributed by atoms with Gasteiger partial charge in [0.05, 0.1) is 19.1 Å². The first-order valence-corrected chi connectivity index (χ1v) is 9.46. The molecule has 0 atom stereocenters. The Balaban J connectivity index is 1.71. The van der Waals surface area contributed by atoms with Crippen LogP contribution in [0.1, 0.15) is 0 Å². The molecule has 3 rings (SSSR count). The van der Waals surface area contributed by atoms with Crippen LogP contribution in [0.3, 0.4) is 0 Å². The molecule has 0 saturated carbocycles. The molecule has 0 fully saturated rings. The monoisotopic (exact) mass is 381 g/mol. The minimum Gasteiger partial charge on any atom is -0.497 e. The smallest absolute Gasteiger partial charge is 0.254 e. The van der Waals surface area contributed by atoms with Crippen molar-refractivity contribution in [3.05, 3.63) is 71.3 Å². The number of thioether (sulfide) groups is 1. The van der Waals surface area contributed by atoms with Crippen molar-refractivity contribution in [1.82, 2.24) is 9.55 Å². The summed E-state index contributed by atoms with van der Waals surface area (Å²) in [6.07, 6.45) is 3.36. The predicted molar refractivity (Wildman–Crippen MR) is 107 cm³/mol. The maximum atomic E-state index is 12.3. The second-order valence-corrected chi connectivity index (χ2v) is 6.63. The largest absolute Gasteiger partial charge is 0.497 e. The van der Waals surface area contributed by atoms with Gasteiger partial charge in [-0.15, -0.1) is 11.8 Å². The van der Waals surface area contributed by atoms with Crippen LogP contribution in [0.25, 0.3) is 11.3 Å². The van der Waals surface area contributed by atoms with Gasteiger partial charge in [0.1, 0.15) is 12.3 Å². The maximum absolute atomic E-state index is 12.3. The van der Waals surface area contributed by atoms with Gasteiger partial charge < -0.3 is 10.1 Å². The van der Waals surface area contributed by atoms with Gasteiger partial charge in [-0.1, -0.05) is 6.07 Å². The number of carbonyl (C=O) groups is 1. The Morgan fingerprint density at radius 1 is 1.19 bits per heavy atom. The molecule has 0 bridgehead atoms. The van der Waals surface area contributed by atoms with Gasteiger partial charge in [0.25, 0.3) is 5.56 Å². The summed E-state index contributed by atoms with van der Waals surface area (Å²) < 4.78 is 6.40. The zero-order valence-electron chi connectivity index (χ0n) is 15.0. The first-order chi connectivity index (χ1) is 13.1. The van der Waals surface area contributed by atoms with Crippen LogP contribution in [0.2, 0.25) is 0 Å². The Hall–Kier alpha value is -3.06. The van der Waals surface area contributed by atoms with Crippen LogP contribution in [-0.4, -0.2) is 28.8 Å². The Kier molecular flexibility index (Phi) is 5.93. The molecular formula is C20H19N3O3S. The Labute approximate surface area is 161 Å². The molecule has 0 unspecified atom stereocenters. The van der Waals surface area contributed by atoms with E-state index in [4.69, 9.17) is 4.74 Å². The van der Waals surface area contributed by atoms with E-state index in [0.717, 1.165) is 16.2 Å². The molecule has 2 aromatic carbocycles. The topological polar surface area (TPSA) is 73.2 Å². The minimum absolute atomic E-state index is 0.0990. The minimum atomic E-state index is -0.288. The van der Waals surface area contributed by atoms with Crippen molar-refractivity contribution < 1.29 is 9.53 Å². The van der Waals surface area contributed by atoms with Gasteiger partial charge >= 0.3 is 0 Å². The van der Waals surface area contributed by atoms with Gasteiger partial charge in [-0.25, -0.2) is 4.98 Å². The molecule has 138 valence electrons. The molecule has 6 nitrogen and oxygen atoms in total. The number of carbonyl (C=O) groups excluding carboxylic acids is 1. The van der Waals surface area contributed by atoms with Crippen LogP contribution in [0.4, 0.5) is 5.69 Å². The van der Waals surface area contributed by atoms with Crippen LogP contribution in [0.5, 0.6) is 5.75 Å². The van der Waals surface area contributed by atoms with E-state index >= 15 is 0 Å². The van der Waals surface area contributed by atoms with Crippen LogP contribution >= 0.6 is 11.8 Å². The summed E-state index contributed by atoms with van der Waals surface area (Å²) in [4.78, 5) is 29.9. The Morgan fingerprint density at radius 2 is 1.96 bits per heavy atom. The highest BCUT2D eigenvalue weighted by molar-refractivity contribution is 7.98. The second-order valence-electron chi connectivity index (χ2n) is 5.75. The number of ether oxygens (including phenoxy) is 1. The number of hydrogen-bond donors (Lipinski definition) is 1. The highest BCUT2D eigenvalue weighted by Gasteiger charge is 2.08. The van der Waals surface area contributed by atoms with E-state index in [1.165, 1.54) is 17.0 Å². The van der Waals surface area contributed by atoms with Gasteiger partial charge in [0.15, 0.2) is 0 Å². The van der Waals surface area contributed by atoms with Crippen molar-refractivity contribution in [3.63, 3.8) is 0 Å². The zero-order valence-corrected chi connectivity index (χ0v) is 15.8. The lowest BCUT2D eigenvalue weighted by Gasteiger charge is -2.09. The normalized spacial score (nSPS) is 10.4. The number of benzene rings is 2. The third-order valence-corrected chi connectivity index (χ3v) is 4.66. The van der Waals surface area contributed by atoms with E-state index in [2.05, 4.69) is 10.3 Å². The highest BCUT2D eigenvalue weighted by atomic mass is 32.2. The molecule has 0 aliphatic carbocycles. The quantitative estimate of drug-likeness (QED) is 0.664. The summed E-state index contributed by atoms with van der Waals surface area (Å²) in [6, 6.07) is 16.2. The third kappa shape index (κ3) is 4.77. The maximum Gasteiger partial charge on any atom is 0.254 e. The molecule has 27 heavy (non-hydrogen) atoms. The number of aromatic nitrogens is 2. The average Bonchev–Trinajstić information content (AvgIpc) is 2.69. The van der Waals surface area contributed by atoms with Crippen LogP contribution in [0.15, 0.2) is 70.6 Å². The van der Waals surface area contributed by atoms with E-state index in [-0.39, 0.29) is 18.0 Å². The number of hydrogen-bond acceptors (Lipinski definition) is 5. The summed E-state index contributed by atoms with van der Waals surface area (Å²) >= 11 is 1.59. The van der Waals surface area contributed by atoms with Gasteiger partial charge in [-0.2, -0.15) is 0 Å². The fourth-order valence-electron chi connectivity index (χ4n) is 2.52. The predicted octanol–water partition coefficient (Wildman–Crippen LogP) is 3.28. The number of nitrogens with zero attached hydrogens (tertiary/aromatic N) is 2. The molecule has 0 saturated heterocycles. The lowest BCUT2D eigenvalue weighted by atomic mass is 10.1. The van der Waals surface area contributed by atoms with Crippen LogP contribution in [0, 0.1) is 0 Å². The summed E-state index contributed by atoms with van der Waals surface area (Å²) in [6.45, 7) is -0.0990. The van der Waals surface area contributed by atoms with E-state index in [9.17, 15) is 9.59 Å². The van der Waals surface area contributed by atoms with Gasteiger partial charge in [0, 0.05) is 22.2 Å². The molecule has 0 aliphatic heterocycles. The Morgan fingerprint density at radius 3 is 2.63 bits per heavy atom. The number of methoxy groups -OCH3 is 1. The molecule has 1 heterocycles. The van der Waals surface area contributed by atoms with Crippen molar-refractivity contribution in [2.45, 2.75) is 11.4 Å². The summed E-state index contributed by atoms with van der Waals surface area (Å²) in [5.74, 6) is 0.448. The van der Waals surface area contributed by atoms with Gasteiger partial charge in [-0.3, -0.25) is 14.2 Å². The van der Waals surface area contributed by atoms with E-state index in [1.54, 1.807) is 31.0 Å². The van der Waals surface area contributed by atoms with E-state index in [0.29, 0.717) is 11.4 Å². The summed E-state index contributed by atoms with van der Waals surface area (Å²) in [5, 5.41) is 2.80. The molecule has 1 amide bonds. The molecule has 0 radical (unpaired) electrons. The summed E-state index contributed by atoms with van der Waals surface area (Å²) in [5.41, 5.74) is 1.76. The molecule has 0 aliphatic rings. The number of nitrogens with one attached hydrogen (secondary N) is 1. The lowest BCUT2D eigenvalue weighted by molar-refractivity contribution is -0.116. The van der Waals surface area contributed by atoms with Crippen molar-refractivity contribution in [2.24, 2.45) is 0 Å². The fraction of sp³-hybridized carbons (Fsp3) is 0.150. The van der Waals surface area contributed by atoms with Crippen molar-refractivity contribution >= 4 is 23.4 Å². The highest BCUT2D eigenvalue weighted by Crippen LogP contribution is 2.20. The molecule has 1 aromatic heterocycles. The average molecular weight is 381 g/mol. The second kappa shape index (κ2) is 8.55. The third-order valence-electron chi connectivity index (χ3n) is 3.93. The van der Waals surface area contributed by atoms with Crippen molar-refractivity contribution in [2.75, 3.05) is 18.7 Å². The molecule has 0 spiro atoms. The molecular weight excluding hydrogens is 362 g/mol. The zero-order chi connectivity index (χ0) is 19.2. The Bertz CT molecular complexity index is 1000. The molecule has 7 heteroatoms. The number of anilines is 1. The van der Waals surface area contributed by atoms with Gasteiger partial charge in [0.2, 0.25) is 5.91 Å². The lowest BCUT2D eigenvalue weighted by Crippen LogP contribution is -2.27. The van der Waals surface area contributed by atoms with Crippen molar-refractivity contribution in [1.29, 1.82) is 0 Å². The number of rotatable bonds is 6. The number of amides is 1. The fourth-order valence-corrected chi connectivity index (χ4v) is 2.98. The van der Waals surface area contributed by atoms with Crippen LogP contribution in [-0.2, 0) is 11.3 Å². The molecule has 1 N–H and O–H groups in total. The first-order valence-electron chi connectivity index (χ1n) is 8.24.